The van der Waals surface area contributed by atoms with Crippen LogP contribution >= 0.6 is 11.3 Å². The van der Waals surface area contributed by atoms with Gasteiger partial charge in [0, 0.05) is 6.92 Å². The van der Waals surface area contributed by atoms with Gasteiger partial charge >= 0.3 is 0 Å². The summed E-state index contributed by atoms with van der Waals surface area (Å²) in [5.74, 6) is 0.928. The van der Waals surface area contributed by atoms with Gasteiger partial charge < -0.3 is 9.29 Å². The van der Waals surface area contributed by atoms with Crippen molar-refractivity contribution in [3.8, 4) is 5.75 Å². The van der Waals surface area contributed by atoms with Crippen molar-refractivity contribution in [3.05, 3.63) is 53.0 Å². The maximum Gasteiger partial charge on any atom is 0.235 e. The van der Waals surface area contributed by atoms with Crippen LogP contribution in [0.2, 0.25) is 0 Å². The number of nitrogens with zero attached hydrogens (tertiary/aromatic N) is 1. The van der Waals surface area contributed by atoms with Gasteiger partial charge in [0.1, 0.15) is 27.1 Å². The normalized spacial score (nSPS) is 11.1. The second-order valence-electron chi connectivity index (χ2n) is 5.47. The second-order valence-corrected chi connectivity index (χ2v) is 8.08. The van der Waals surface area contributed by atoms with Crippen LogP contribution in [0.4, 0.5) is 0 Å². The van der Waals surface area contributed by atoms with E-state index < -0.39 is 10.1 Å². The molecule has 0 atom stereocenters. The molecule has 5 nitrogen and oxygen atoms in total. The van der Waals surface area contributed by atoms with Gasteiger partial charge in [-0.05, 0) is 38.1 Å². The van der Waals surface area contributed by atoms with Gasteiger partial charge in [-0.2, -0.15) is 4.57 Å². The number of aromatic nitrogens is 1. The largest absolute Gasteiger partial charge is 0.744 e. The molecule has 3 rings (SSSR count). The maximum absolute atomic E-state index is 10.4. The van der Waals surface area contributed by atoms with E-state index in [9.17, 15) is 13.0 Å². The molecule has 0 aliphatic heterocycles. The summed E-state index contributed by atoms with van der Waals surface area (Å²) in [4.78, 5) is -0.178. The summed E-state index contributed by atoms with van der Waals surface area (Å²) < 4.78 is 40.0. The molecule has 0 fully saturated rings. The third-order valence-corrected chi connectivity index (χ3v) is 5.65. The van der Waals surface area contributed by atoms with Crippen LogP contribution in [0.15, 0.2) is 47.4 Å². The van der Waals surface area contributed by atoms with Gasteiger partial charge in [-0.1, -0.05) is 29.0 Å². The first kappa shape index (κ1) is 19.4. The van der Waals surface area contributed by atoms with Crippen molar-refractivity contribution in [2.45, 2.75) is 32.2 Å². The average molecular weight is 380 g/mol. The Morgan fingerprint density at radius 1 is 1.12 bits per heavy atom. The summed E-state index contributed by atoms with van der Waals surface area (Å²) in [6, 6.07) is 12.0. The van der Waals surface area contributed by atoms with Crippen molar-refractivity contribution in [1.29, 1.82) is 0 Å². The van der Waals surface area contributed by atoms with Crippen molar-refractivity contribution in [3.63, 3.8) is 0 Å². The molecule has 2 aromatic carbocycles. The zero-order valence-electron chi connectivity index (χ0n) is 14.6. The highest BCUT2D eigenvalue weighted by molar-refractivity contribution is 7.85. The minimum atomic E-state index is -4.27. The Kier molecular flexibility index (Phi) is 6.16. The lowest BCUT2D eigenvalue weighted by molar-refractivity contribution is -0.669. The highest BCUT2D eigenvalue weighted by atomic mass is 32.2. The molecule has 0 aliphatic rings. The van der Waals surface area contributed by atoms with Crippen LogP contribution in [-0.4, -0.2) is 20.1 Å². The fraction of sp³-hybridized carbons (Fsp3) is 0.278. The van der Waals surface area contributed by atoms with E-state index in [2.05, 4.69) is 30.5 Å². The standard InChI is InChI=1S/C11H14NOS.C7H8O3S/c1-4-12-8(2)14-11-6-5-9(13-3)7-10(11)12;1-6-2-4-7(5-3-6)11(8,9)10/h5-7H,4H2,1-3H3;2-5H,1H3,(H,8,9,10)/q+1;/p-1. The van der Waals surface area contributed by atoms with Gasteiger partial charge in [0.05, 0.1) is 18.1 Å². The van der Waals surface area contributed by atoms with E-state index in [1.807, 2.05) is 24.3 Å². The van der Waals surface area contributed by atoms with E-state index in [4.69, 9.17) is 4.74 Å². The molecule has 3 aromatic rings. The molecule has 0 unspecified atom stereocenters. The summed E-state index contributed by atoms with van der Waals surface area (Å²) >= 11 is 1.83. The van der Waals surface area contributed by atoms with E-state index >= 15 is 0 Å². The van der Waals surface area contributed by atoms with Gasteiger partial charge in [0.2, 0.25) is 10.5 Å². The monoisotopic (exact) mass is 379 g/mol. The highest BCUT2D eigenvalue weighted by Gasteiger charge is 2.15. The summed E-state index contributed by atoms with van der Waals surface area (Å²) in [6.45, 7) is 7.15. The summed E-state index contributed by atoms with van der Waals surface area (Å²) in [5.41, 5.74) is 2.20. The number of rotatable bonds is 3. The van der Waals surface area contributed by atoms with Crippen LogP contribution < -0.4 is 9.30 Å². The Hall–Kier alpha value is -1.96. The summed E-state index contributed by atoms with van der Waals surface area (Å²) in [5, 5.41) is 1.34. The van der Waals surface area contributed by atoms with Gasteiger partial charge in [0.25, 0.3) is 0 Å². The van der Waals surface area contributed by atoms with Crippen molar-refractivity contribution < 1.29 is 22.3 Å². The van der Waals surface area contributed by atoms with Gasteiger partial charge in [-0.25, -0.2) is 8.42 Å². The number of thiazole rings is 1. The minimum absolute atomic E-state index is 0.178. The Balaban J connectivity index is 0.000000186. The van der Waals surface area contributed by atoms with Crippen molar-refractivity contribution >= 4 is 31.7 Å². The molecule has 0 saturated heterocycles. The van der Waals surface area contributed by atoms with Crippen molar-refractivity contribution in [1.82, 2.24) is 0 Å². The molecule has 0 spiro atoms. The van der Waals surface area contributed by atoms with E-state index in [-0.39, 0.29) is 4.90 Å². The lowest BCUT2D eigenvalue weighted by Gasteiger charge is -2.05. The first-order valence-electron chi connectivity index (χ1n) is 7.75. The van der Waals surface area contributed by atoms with Crippen LogP contribution in [0.5, 0.6) is 5.75 Å². The predicted octanol–water partition coefficient (Wildman–Crippen LogP) is 3.42. The Morgan fingerprint density at radius 3 is 2.28 bits per heavy atom. The van der Waals surface area contributed by atoms with Crippen LogP contribution in [0.3, 0.4) is 0 Å². The number of fused-ring (bicyclic) bond motifs is 1. The number of methoxy groups -OCH3 is 1. The van der Waals surface area contributed by atoms with E-state index in [0.717, 1.165) is 17.9 Å². The molecule has 7 heteroatoms. The molecule has 0 bridgehead atoms. The third-order valence-electron chi connectivity index (χ3n) is 3.72. The Labute approximate surface area is 152 Å². The number of benzene rings is 2. The average Bonchev–Trinajstić information content (AvgIpc) is 2.89. The topological polar surface area (TPSA) is 70.3 Å². The molecule has 0 aliphatic carbocycles. The van der Waals surface area contributed by atoms with Crippen LogP contribution in [0, 0.1) is 13.8 Å². The quantitative estimate of drug-likeness (QED) is 0.516. The zero-order valence-corrected chi connectivity index (χ0v) is 16.3. The molecule has 1 heterocycles. The Bertz CT molecular complexity index is 961. The van der Waals surface area contributed by atoms with Crippen LogP contribution in [-0.2, 0) is 16.7 Å². The molecule has 0 amide bonds. The number of hydrogen-bond acceptors (Lipinski definition) is 5. The molecule has 1 aromatic heterocycles. The van der Waals surface area contributed by atoms with E-state index in [1.165, 1.54) is 27.4 Å². The lowest BCUT2D eigenvalue weighted by Crippen LogP contribution is -2.33. The SMILES string of the molecule is CC[n+]1c(C)sc2ccc(OC)cc21.Cc1ccc(S(=O)(=O)[O-])cc1. The number of hydrogen-bond donors (Lipinski definition) is 0. The number of ether oxygens (including phenoxy) is 1. The molecule has 0 radical (unpaired) electrons. The molecule has 134 valence electrons. The molecular formula is C18H21NO4S2. The first-order valence-corrected chi connectivity index (χ1v) is 9.98. The minimum Gasteiger partial charge on any atom is -0.744 e. The first-order chi connectivity index (χ1) is 11.8. The molecule has 25 heavy (non-hydrogen) atoms. The van der Waals surface area contributed by atoms with Gasteiger partial charge in [0.15, 0.2) is 0 Å². The zero-order chi connectivity index (χ0) is 18.6. The van der Waals surface area contributed by atoms with Gasteiger partial charge in [-0.3, -0.25) is 0 Å². The molecule has 0 saturated carbocycles. The molecular weight excluding hydrogens is 358 g/mol. The van der Waals surface area contributed by atoms with Crippen LogP contribution in [0.1, 0.15) is 17.5 Å². The smallest absolute Gasteiger partial charge is 0.235 e. The molecule has 0 N–H and O–H groups in total. The van der Waals surface area contributed by atoms with Crippen molar-refractivity contribution in [2.24, 2.45) is 0 Å². The summed E-state index contributed by atoms with van der Waals surface area (Å²) in [7, 11) is -2.56. The highest BCUT2D eigenvalue weighted by Crippen LogP contribution is 2.24. The fourth-order valence-electron chi connectivity index (χ4n) is 2.40. The summed E-state index contributed by atoms with van der Waals surface area (Å²) in [6.07, 6.45) is 0. The third kappa shape index (κ3) is 4.78. The lowest BCUT2D eigenvalue weighted by atomic mass is 10.2. The fourth-order valence-corrected chi connectivity index (χ4v) is 3.94. The van der Waals surface area contributed by atoms with E-state index in [1.54, 1.807) is 19.2 Å². The van der Waals surface area contributed by atoms with E-state index in [0.29, 0.717) is 0 Å². The van der Waals surface area contributed by atoms with Crippen molar-refractivity contribution in [2.75, 3.05) is 7.11 Å². The Morgan fingerprint density at radius 2 is 1.76 bits per heavy atom. The van der Waals surface area contributed by atoms with Gasteiger partial charge in [-0.15, -0.1) is 0 Å². The predicted molar refractivity (Wildman–Crippen MR) is 98.1 cm³/mol. The number of aryl methyl sites for hydroxylation is 3. The maximum atomic E-state index is 10.4. The second kappa shape index (κ2) is 7.95. The van der Waals surface area contributed by atoms with Crippen LogP contribution in [0.25, 0.3) is 10.2 Å².